The molecule has 1 aliphatic heterocycles. The largest absolute Gasteiger partial charge is 0.312 e. The van der Waals surface area contributed by atoms with Gasteiger partial charge in [0.05, 0.1) is 22.9 Å². The molecule has 0 radical (unpaired) electrons. The van der Waals surface area contributed by atoms with Crippen molar-refractivity contribution in [3.8, 4) is 16.9 Å². The number of benzene rings is 2. The highest BCUT2D eigenvalue weighted by molar-refractivity contribution is 7.91. The fourth-order valence-electron chi connectivity index (χ4n) is 3.55. The first-order valence-electron chi connectivity index (χ1n) is 9.31. The number of nitrogens with zero attached hydrogens (tertiary/aromatic N) is 2. The fourth-order valence-corrected chi connectivity index (χ4v) is 5.41. The van der Waals surface area contributed by atoms with Crippen LogP contribution in [0, 0.1) is 11.7 Å². The molecule has 1 unspecified atom stereocenters. The molecule has 0 amide bonds. The van der Waals surface area contributed by atoms with E-state index in [2.05, 4.69) is 5.32 Å². The molecule has 146 valence electrons. The standard InChI is InChI=1S/C21H22FN3O2S/c22-19-8-6-17(7-9-19)21-18(13-23-12-16-10-11-28(26,27)15-16)14-25(24-21)20-4-2-1-3-5-20/h1-9,14,16,23H,10-13,15H2. The van der Waals surface area contributed by atoms with E-state index in [0.29, 0.717) is 19.5 Å². The molecule has 1 fully saturated rings. The van der Waals surface area contributed by atoms with E-state index in [9.17, 15) is 12.8 Å². The van der Waals surface area contributed by atoms with Gasteiger partial charge in [-0.2, -0.15) is 5.10 Å². The number of hydrogen-bond acceptors (Lipinski definition) is 4. The van der Waals surface area contributed by atoms with Crippen molar-refractivity contribution in [2.75, 3.05) is 18.1 Å². The molecule has 0 aliphatic carbocycles. The SMILES string of the molecule is O=S1(=O)CCC(CNCc2cn(-c3ccccc3)nc2-c2ccc(F)cc2)C1. The molecule has 2 heterocycles. The second-order valence-corrected chi connectivity index (χ2v) is 9.42. The van der Waals surface area contributed by atoms with E-state index in [4.69, 9.17) is 5.10 Å². The maximum absolute atomic E-state index is 13.3. The number of para-hydroxylation sites is 1. The zero-order valence-corrected chi connectivity index (χ0v) is 16.2. The molecule has 1 N–H and O–H groups in total. The van der Waals surface area contributed by atoms with Crippen molar-refractivity contribution in [2.24, 2.45) is 5.92 Å². The van der Waals surface area contributed by atoms with E-state index in [0.717, 1.165) is 22.5 Å². The van der Waals surface area contributed by atoms with Crippen LogP contribution in [0.2, 0.25) is 0 Å². The Hall–Kier alpha value is -2.51. The van der Waals surface area contributed by atoms with Gasteiger partial charge in [-0.15, -0.1) is 0 Å². The molecular weight excluding hydrogens is 377 g/mol. The lowest BCUT2D eigenvalue weighted by Crippen LogP contribution is -2.23. The molecule has 0 saturated carbocycles. The van der Waals surface area contributed by atoms with Crippen LogP contribution >= 0.6 is 0 Å². The Morgan fingerprint density at radius 3 is 2.54 bits per heavy atom. The number of rotatable bonds is 6. The van der Waals surface area contributed by atoms with E-state index in [1.54, 1.807) is 12.1 Å². The van der Waals surface area contributed by atoms with Gasteiger partial charge in [-0.1, -0.05) is 18.2 Å². The highest BCUT2D eigenvalue weighted by Crippen LogP contribution is 2.24. The van der Waals surface area contributed by atoms with Crippen molar-refractivity contribution in [1.82, 2.24) is 15.1 Å². The summed E-state index contributed by atoms with van der Waals surface area (Å²) in [6, 6.07) is 16.1. The average molecular weight is 399 g/mol. The van der Waals surface area contributed by atoms with Crippen molar-refractivity contribution in [3.63, 3.8) is 0 Å². The molecule has 2 aromatic carbocycles. The first-order chi connectivity index (χ1) is 13.5. The van der Waals surface area contributed by atoms with Crippen LogP contribution in [0.15, 0.2) is 60.8 Å². The minimum atomic E-state index is -2.87. The van der Waals surface area contributed by atoms with Gasteiger partial charge in [-0.3, -0.25) is 0 Å². The first-order valence-corrected chi connectivity index (χ1v) is 11.1. The third kappa shape index (κ3) is 4.31. The maximum Gasteiger partial charge on any atom is 0.150 e. The summed E-state index contributed by atoms with van der Waals surface area (Å²) in [4.78, 5) is 0. The number of nitrogens with one attached hydrogen (secondary N) is 1. The Labute approximate surface area is 164 Å². The predicted octanol–water partition coefficient (Wildman–Crippen LogP) is 3.20. The highest BCUT2D eigenvalue weighted by Gasteiger charge is 2.27. The second-order valence-electron chi connectivity index (χ2n) is 7.19. The number of aromatic nitrogens is 2. The molecule has 0 spiro atoms. The Morgan fingerprint density at radius 2 is 1.86 bits per heavy atom. The fraction of sp³-hybridized carbons (Fsp3) is 0.286. The summed E-state index contributed by atoms with van der Waals surface area (Å²) in [5, 5.41) is 8.09. The van der Waals surface area contributed by atoms with Gasteiger partial charge in [0.1, 0.15) is 5.82 Å². The molecule has 7 heteroatoms. The summed E-state index contributed by atoms with van der Waals surface area (Å²) < 4.78 is 38.4. The van der Waals surface area contributed by atoms with Crippen LogP contribution in [0.25, 0.3) is 16.9 Å². The molecule has 1 aliphatic rings. The minimum absolute atomic E-state index is 0.156. The van der Waals surface area contributed by atoms with E-state index < -0.39 is 9.84 Å². The Kier molecular flexibility index (Phi) is 5.28. The molecule has 4 rings (SSSR count). The Bertz CT molecular complexity index is 1050. The van der Waals surface area contributed by atoms with Crippen molar-refractivity contribution < 1.29 is 12.8 Å². The first kappa shape index (κ1) is 18.8. The van der Waals surface area contributed by atoms with E-state index in [1.165, 1.54) is 12.1 Å². The third-order valence-electron chi connectivity index (χ3n) is 5.00. The highest BCUT2D eigenvalue weighted by atomic mass is 32.2. The predicted molar refractivity (Wildman–Crippen MR) is 107 cm³/mol. The minimum Gasteiger partial charge on any atom is -0.312 e. The normalized spacial score (nSPS) is 18.4. The molecule has 3 aromatic rings. The van der Waals surface area contributed by atoms with Crippen molar-refractivity contribution in [1.29, 1.82) is 0 Å². The van der Waals surface area contributed by atoms with Gasteiger partial charge < -0.3 is 5.32 Å². The van der Waals surface area contributed by atoms with Gasteiger partial charge in [-0.25, -0.2) is 17.5 Å². The van der Waals surface area contributed by atoms with Gasteiger partial charge in [0, 0.05) is 23.9 Å². The molecule has 1 aromatic heterocycles. The Balaban J connectivity index is 1.56. The molecule has 1 saturated heterocycles. The molecule has 1 atom stereocenters. The van der Waals surface area contributed by atoms with Gasteiger partial charge >= 0.3 is 0 Å². The van der Waals surface area contributed by atoms with Crippen LogP contribution in [-0.4, -0.2) is 36.2 Å². The van der Waals surface area contributed by atoms with Gasteiger partial charge in [0.15, 0.2) is 9.84 Å². The van der Waals surface area contributed by atoms with E-state index in [-0.39, 0.29) is 23.2 Å². The monoisotopic (exact) mass is 399 g/mol. The van der Waals surface area contributed by atoms with Crippen molar-refractivity contribution in [2.45, 2.75) is 13.0 Å². The van der Waals surface area contributed by atoms with Crippen molar-refractivity contribution in [3.05, 3.63) is 72.2 Å². The van der Waals surface area contributed by atoms with Crippen LogP contribution in [0.1, 0.15) is 12.0 Å². The van der Waals surface area contributed by atoms with Crippen LogP contribution in [0.5, 0.6) is 0 Å². The lowest BCUT2D eigenvalue weighted by atomic mass is 10.1. The maximum atomic E-state index is 13.3. The lowest BCUT2D eigenvalue weighted by molar-refractivity contribution is 0.521. The van der Waals surface area contributed by atoms with Crippen LogP contribution in [-0.2, 0) is 16.4 Å². The van der Waals surface area contributed by atoms with E-state index >= 15 is 0 Å². The summed E-state index contributed by atoms with van der Waals surface area (Å²) in [5.74, 6) is 0.414. The third-order valence-corrected chi connectivity index (χ3v) is 6.84. The molecule has 5 nitrogen and oxygen atoms in total. The smallest absolute Gasteiger partial charge is 0.150 e. The molecule has 28 heavy (non-hydrogen) atoms. The second kappa shape index (κ2) is 7.85. The summed E-state index contributed by atoms with van der Waals surface area (Å²) >= 11 is 0. The number of halogens is 1. The summed E-state index contributed by atoms with van der Waals surface area (Å²) in [7, 11) is -2.87. The summed E-state index contributed by atoms with van der Waals surface area (Å²) in [5.41, 5.74) is 3.56. The van der Waals surface area contributed by atoms with Gasteiger partial charge in [0.25, 0.3) is 0 Å². The number of sulfone groups is 1. The average Bonchev–Trinajstić information content (AvgIpc) is 3.26. The summed E-state index contributed by atoms with van der Waals surface area (Å²) in [6.45, 7) is 1.22. The number of hydrogen-bond donors (Lipinski definition) is 1. The van der Waals surface area contributed by atoms with Crippen LogP contribution in [0.4, 0.5) is 4.39 Å². The van der Waals surface area contributed by atoms with Crippen LogP contribution < -0.4 is 5.32 Å². The van der Waals surface area contributed by atoms with E-state index in [1.807, 2.05) is 41.2 Å². The van der Waals surface area contributed by atoms with Crippen molar-refractivity contribution >= 4 is 9.84 Å². The topological polar surface area (TPSA) is 64.0 Å². The van der Waals surface area contributed by atoms with Gasteiger partial charge in [0.2, 0.25) is 0 Å². The Morgan fingerprint density at radius 1 is 1.11 bits per heavy atom. The zero-order valence-electron chi connectivity index (χ0n) is 15.4. The lowest BCUT2D eigenvalue weighted by Gasteiger charge is -2.09. The van der Waals surface area contributed by atoms with Crippen LogP contribution in [0.3, 0.4) is 0 Å². The zero-order chi connectivity index (χ0) is 19.6. The molecule has 0 bridgehead atoms. The summed E-state index contributed by atoms with van der Waals surface area (Å²) in [6.07, 6.45) is 2.68. The molecular formula is C21H22FN3O2S. The quantitative estimate of drug-likeness (QED) is 0.691. The van der Waals surface area contributed by atoms with Gasteiger partial charge in [-0.05, 0) is 55.3 Å².